The highest BCUT2D eigenvalue weighted by atomic mass is 16.5. The summed E-state index contributed by atoms with van der Waals surface area (Å²) in [4.78, 5) is 10.7. The molecule has 0 aromatic heterocycles. The molecule has 0 spiro atoms. The highest BCUT2D eigenvalue weighted by molar-refractivity contribution is 5.73. The van der Waals surface area contributed by atoms with E-state index in [1.54, 1.807) is 0 Å². The third kappa shape index (κ3) is 1.98. The Bertz CT molecular complexity index is 200. The number of carboxylic acids is 1. The first-order valence-corrected chi connectivity index (χ1v) is 3.99. The van der Waals surface area contributed by atoms with Crippen molar-refractivity contribution in [2.45, 2.75) is 12.8 Å². The van der Waals surface area contributed by atoms with Crippen LogP contribution >= 0.6 is 0 Å². The van der Waals surface area contributed by atoms with E-state index >= 15 is 0 Å². The van der Waals surface area contributed by atoms with E-state index in [1.165, 1.54) is 6.26 Å². The number of hydrogen-bond donors (Lipinski definition) is 2. The van der Waals surface area contributed by atoms with Crippen molar-refractivity contribution in [3.63, 3.8) is 0 Å². The highest BCUT2D eigenvalue weighted by Crippen LogP contribution is 2.20. The van der Waals surface area contributed by atoms with Crippen LogP contribution in [0, 0.1) is 5.92 Å². The van der Waals surface area contributed by atoms with Gasteiger partial charge in [0, 0.05) is 6.54 Å². The fourth-order valence-electron chi connectivity index (χ4n) is 1.25. The Morgan fingerprint density at radius 2 is 2.58 bits per heavy atom. The van der Waals surface area contributed by atoms with E-state index in [4.69, 9.17) is 15.6 Å². The van der Waals surface area contributed by atoms with Crippen LogP contribution in [0.3, 0.4) is 0 Å². The Kier molecular flexibility index (Phi) is 3.10. The van der Waals surface area contributed by atoms with Crippen molar-refractivity contribution in [2.24, 2.45) is 11.7 Å². The lowest BCUT2D eigenvalue weighted by Crippen LogP contribution is -2.26. The topological polar surface area (TPSA) is 72.6 Å². The molecule has 4 heteroatoms. The molecule has 0 radical (unpaired) electrons. The molecule has 0 fully saturated rings. The maximum atomic E-state index is 10.7. The molecule has 1 heterocycles. The summed E-state index contributed by atoms with van der Waals surface area (Å²) in [6.45, 7) is 0.824. The van der Waals surface area contributed by atoms with Crippen LogP contribution in [0.1, 0.15) is 12.8 Å². The van der Waals surface area contributed by atoms with Crippen LogP contribution in [-0.4, -0.2) is 24.2 Å². The van der Waals surface area contributed by atoms with E-state index in [0.717, 1.165) is 18.4 Å². The van der Waals surface area contributed by atoms with E-state index in [9.17, 15) is 4.79 Å². The number of carboxylic acid groups (broad SMARTS) is 1. The maximum absolute atomic E-state index is 10.7. The predicted octanol–water partition coefficient (Wildman–Crippen LogP) is 0.340. The summed E-state index contributed by atoms with van der Waals surface area (Å²) >= 11 is 0. The molecule has 1 aliphatic heterocycles. The molecule has 0 aromatic carbocycles. The first-order chi connectivity index (χ1) is 5.75. The summed E-state index contributed by atoms with van der Waals surface area (Å²) in [5.74, 6) is -1.43. The molecular formula is C8H13NO3. The highest BCUT2D eigenvalue weighted by Gasteiger charge is 2.22. The zero-order valence-corrected chi connectivity index (χ0v) is 6.82. The average Bonchev–Trinajstić information content (AvgIpc) is 2.07. The summed E-state index contributed by atoms with van der Waals surface area (Å²) in [5.41, 5.74) is 6.13. The van der Waals surface area contributed by atoms with Gasteiger partial charge in [-0.25, -0.2) is 0 Å². The molecule has 68 valence electrons. The molecular weight excluding hydrogens is 158 g/mol. The van der Waals surface area contributed by atoms with Gasteiger partial charge < -0.3 is 15.6 Å². The third-order valence-corrected chi connectivity index (χ3v) is 1.94. The van der Waals surface area contributed by atoms with Gasteiger partial charge in [0.1, 0.15) is 0 Å². The number of aliphatic carboxylic acids is 1. The normalized spacial score (nSPS) is 19.2. The summed E-state index contributed by atoms with van der Waals surface area (Å²) in [6, 6.07) is 0. The number of nitrogens with two attached hydrogens (primary N) is 1. The van der Waals surface area contributed by atoms with Crippen molar-refractivity contribution in [1.82, 2.24) is 0 Å². The molecule has 0 bridgehead atoms. The minimum atomic E-state index is -0.866. The molecule has 0 saturated heterocycles. The molecule has 1 aliphatic rings. The van der Waals surface area contributed by atoms with Crippen LogP contribution < -0.4 is 5.73 Å². The van der Waals surface area contributed by atoms with E-state index in [2.05, 4.69) is 0 Å². The standard InChI is InChI=1S/C8H13NO3/c9-4-7(8(10)11)6-2-1-3-12-5-6/h5,7H,1-4,9H2,(H,10,11). The molecule has 1 rings (SSSR count). The van der Waals surface area contributed by atoms with Gasteiger partial charge in [-0.05, 0) is 18.4 Å². The number of rotatable bonds is 3. The lowest BCUT2D eigenvalue weighted by atomic mass is 9.95. The lowest BCUT2D eigenvalue weighted by molar-refractivity contribution is -0.140. The minimum Gasteiger partial charge on any atom is -0.501 e. The molecule has 0 saturated carbocycles. The summed E-state index contributed by atoms with van der Waals surface area (Å²) in [5, 5.41) is 8.75. The molecule has 12 heavy (non-hydrogen) atoms. The average molecular weight is 171 g/mol. The van der Waals surface area contributed by atoms with Crippen molar-refractivity contribution in [3.05, 3.63) is 11.8 Å². The first kappa shape index (κ1) is 9.06. The van der Waals surface area contributed by atoms with Gasteiger partial charge >= 0.3 is 5.97 Å². The second-order valence-corrected chi connectivity index (χ2v) is 2.79. The molecule has 3 N–H and O–H groups in total. The molecule has 0 amide bonds. The van der Waals surface area contributed by atoms with Gasteiger partial charge in [0.25, 0.3) is 0 Å². The molecule has 0 aromatic rings. The van der Waals surface area contributed by atoms with Crippen molar-refractivity contribution in [1.29, 1.82) is 0 Å². The van der Waals surface area contributed by atoms with Crippen molar-refractivity contribution in [2.75, 3.05) is 13.2 Å². The van der Waals surface area contributed by atoms with E-state index in [0.29, 0.717) is 6.61 Å². The van der Waals surface area contributed by atoms with Gasteiger partial charge in [0.05, 0.1) is 18.8 Å². The Hall–Kier alpha value is -1.03. The van der Waals surface area contributed by atoms with Crippen molar-refractivity contribution in [3.8, 4) is 0 Å². The zero-order valence-electron chi connectivity index (χ0n) is 6.82. The fraction of sp³-hybridized carbons (Fsp3) is 0.625. The fourth-order valence-corrected chi connectivity index (χ4v) is 1.25. The molecule has 0 aliphatic carbocycles. The third-order valence-electron chi connectivity index (χ3n) is 1.94. The zero-order chi connectivity index (χ0) is 8.97. The molecule has 4 nitrogen and oxygen atoms in total. The lowest BCUT2D eigenvalue weighted by Gasteiger charge is -2.18. The van der Waals surface area contributed by atoms with Gasteiger partial charge in [-0.15, -0.1) is 0 Å². The SMILES string of the molecule is NCC(C(=O)O)C1=COCCC1. The Balaban J connectivity index is 2.64. The quantitative estimate of drug-likeness (QED) is 0.642. The summed E-state index contributed by atoms with van der Waals surface area (Å²) in [7, 11) is 0. The smallest absolute Gasteiger partial charge is 0.312 e. The monoisotopic (exact) mass is 171 g/mol. The second-order valence-electron chi connectivity index (χ2n) is 2.79. The van der Waals surface area contributed by atoms with E-state index in [1.807, 2.05) is 0 Å². The molecule has 1 atom stereocenters. The van der Waals surface area contributed by atoms with Gasteiger partial charge in [-0.3, -0.25) is 4.79 Å². The largest absolute Gasteiger partial charge is 0.501 e. The van der Waals surface area contributed by atoms with Crippen LogP contribution in [0.25, 0.3) is 0 Å². The van der Waals surface area contributed by atoms with E-state index in [-0.39, 0.29) is 6.54 Å². The number of hydrogen-bond acceptors (Lipinski definition) is 3. The van der Waals surface area contributed by atoms with Crippen LogP contribution in [0.4, 0.5) is 0 Å². The van der Waals surface area contributed by atoms with Gasteiger partial charge in [-0.1, -0.05) is 0 Å². The van der Waals surface area contributed by atoms with Crippen molar-refractivity contribution < 1.29 is 14.6 Å². The summed E-state index contributed by atoms with van der Waals surface area (Å²) in [6.07, 6.45) is 3.21. The maximum Gasteiger partial charge on any atom is 0.312 e. The Morgan fingerprint density at radius 1 is 1.83 bits per heavy atom. The van der Waals surface area contributed by atoms with Gasteiger partial charge in [0.2, 0.25) is 0 Å². The van der Waals surface area contributed by atoms with Crippen LogP contribution in [0.2, 0.25) is 0 Å². The minimum absolute atomic E-state index is 0.143. The van der Waals surface area contributed by atoms with E-state index < -0.39 is 11.9 Å². The van der Waals surface area contributed by atoms with Crippen LogP contribution in [0.5, 0.6) is 0 Å². The Labute approximate surface area is 71.0 Å². The summed E-state index contributed by atoms with van der Waals surface area (Å²) < 4.78 is 5.03. The number of carbonyl (C=O) groups is 1. The second kappa shape index (κ2) is 4.11. The Morgan fingerprint density at radius 3 is 3.00 bits per heavy atom. The van der Waals surface area contributed by atoms with Gasteiger partial charge in [-0.2, -0.15) is 0 Å². The van der Waals surface area contributed by atoms with Crippen molar-refractivity contribution >= 4 is 5.97 Å². The first-order valence-electron chi connectivity index (χ1n) is 3.99. The van der Waals surface area contributed by atoms with Crippen LogP contribution in [0.15, 0.2) is 11.8 Å². The molecule has 1 unspecified atom stereocenters. The number of ether oxygens (including phenoxy) is 1. The van der Waals surface area contributed by atoms with Gasteiger partial charge in [0.15, 0.2) is 0 Å². The van der Waals surface area contributed by atoms with Crippen LogP contribution in [-0.2, 0) is 9.53 Å². The predicted molar refractivity (Wildman–Crippen MR) is 43.4 cm³/mol.